The molecule has 7 heteroatoms. The van der Waals surface area contributed by atoms with Crippen molar-refractivity contribution in [2.75, 3.05) is 24.2 Å². The van der Waals surface area contributed by atoms with Gasteiger partial charge >= 0.3 is 0 Å². The number of nitrogen functional groups attached to an aromatic ring is 1. The zero-order valence-electron chi connectivity index (χ0n) is 19.2. The number of benzene rings is 3. The molecule has 34 heavy (non-hydrogen) atoms. The molecular formula is C27H26FN3O3. The maximum atomic E-state index is 15.4. The first-order chi connectivity index (χ1) is 16.4. The number of fused-ring (bicyclic) bond motifs is 1. The fraction of sp³-hybridized carbons (Fsp3) is 0.259. The van der Waals surface area contributed by atoms with E-state index >= 15 is 4.39 Å². The lowest BCUT2D eigenvalue weighted by atomic mass is 10.0. The monoisotopic (exact) mass is 459 g/mol. The number of nitrogens with zero attached hydrogens (tertiary/aromatic N) is 1. The summed E-state index contributed by atoms with van der Waals surface area (Å²) in [6, 6.07) is 14.3. The highest BCUT2D eigenvalue weighted by molar-refractivity contribution is 6.04. The summed E-state index contributed by atoms with van der Waals surface area (Å²) in [5, 5.41) is 5.55. The summed E-state index contributed by atoms with van der Waals surface area (Å²) in [7, 11) is 0. The van der Waals surface area contributed by atoms with Gasteiger partial charge in [0.15, 0.2) is 17.3 Å². The molecule has 1 unspecified atom stereocenters. The Morgan fingerprint density at radius 3 is 2.79 bits per heavy atom. The highest BCUT2D eigenvalue weighted by Crippen LogP contribution is 2.43. The van der Waals surface area contributed by atoms with Crippen LogP contribution < -0.4 is 21.2 Å². The number of aryl methyl sites for hydroxylation is 1. The fourth-order valence-corrected chi connectivity index (χ4v) is 4.76. The van der Waals surface area contributed by atoms with E-state index in [-0.39, 0.29) is 46.5 Å². The first kappa shape index (κ1) is 21.9. The number of hydrogen-bond acceptors (Lipinski definition) is 5. The molecule has 174 valence electrons. The van der Waals surface area contributed by atoms with Crippen molar-refractivity contribution in [3.05, 3.63) is 75.8 Å². The van der Waals surface area contributed by atoms with Gasteiger partial charge in [-0.3, -0.25) is 9.59 Å². The van der Waals surface area contributed by atoms with Crippen LogP contribution >= 0.6 is 0 Å². The number of nitrogens with two attached hydrogens (primary N) is 1. The van der Waals surface area contributed by atoms with Gasteiger partial charge in [-0.15, -0.1) is 0 Å². The minimum absolute atomic E-state index is 0.00547. The third-order valence-corrected chi connectivity index (χ3v) is 6.53. The van der Waals surface area contributed by atoms with E-state index in [1.54, 1.807) is 4.57 Å². The number of anilines is 2. The van der Waals surface area contributed by atoms with Crippen LogP contribution in [0.25, 0.3) is 21.7 Å². The van der Waals surface area contributed by atoms with Gasteiger partial charge in [-0.05, 0) is 43.0 Å². The molecule has 1 aromatic heterocycles. The molecule has 2 heterocycles. The van der Waals surface area contributed by atoms with Crippen molar-refractivity contribution in [3.63, 3.8) is 0 Å². The fourth-order valence-electron chi connectivity index (χ4n) is 4.76. The molecule has 4 aromatic rings. The van der Waals surface area contributed by atoms with Crippen molar-refractivity contribution in [1.29, 1.82) is 0 Å². The van der Waals surface area contributed by atoms with E-state index < -0.39 is 11.2 Å². The van der Waals surface area contributed by atoms with Gasteiger partial charge in [0.2, 0.25) is 5.43 Å². The number of ether oxygens (including phenoxy) is 1. The molecule has 0 bridgehead atoms. The third-order valence-electron chi connectivity index (χ3n) is 6.53. The number of ketones is 1. The summed E-state index contributed by atoms with van der Waals surface area (Å²) < 4.78 is 23.1. The van der Waals surface area contributed by atoms with Gasteiger partial charge in [-0.2, -0.15) is 0 Å². The lowest BCUT2D eigenvalue weighted by Gasteiger charge is -2.29. The largest absolute Gasteiger partial charge is 0.487 e. The molecule has 0 amide bonds. The smallest absolute Gasteiger partial charge is 0.202 e. The second kappa shape index (κ2) is 8.48. The highest BCUT2D eigenvalue weighted by atomic mass is 19.1. The predicted molar refractivity (Wildman–Crippen MR) is 134 cm³/mol. The number of carbonyl (C=O) groups is 1. The predicted octanol–water partition coefficient (Wildman–Crippen LogP) is 5.08. The Labute approximate surface area is 196 Å². The van der Waals surface area contributed by atoms with Crippen molar-refractivity contribution in [3.8, 4) is 5.75 Å². The standard InChI is InChI=1S/C27H26FN3O3/c1-15-14-34-27-24(30-12-6-10-18-9-5-8-17-7-3-4-11-19(17)18)22(28)23(29)21-25(27)31(15)13-20(16(2)32)26(21)33/h3-5,7-9,11,13,15,30H,6,10,12,14,29H2,1-2H3. The summed E-state index contributed by atoms with van der Waals surface area (Å²) in [6.07, 6.45) is 3.11. The van der Waals surface area contributed by atoms with E-state index in [0.29, 0.717) is 12.1 Å². The van der Waals surface area contributed by atoms with E-state index in [1.165, 1.54) is 29.5 Å². The molecule has 6 nitrogen and oxygen atoms in total. The van der Waals surface area contributed by atoms with Crippen LogP contribution in [0.4, 0.5) is 15.8 Å². The number of carbonyl (C=O) groups excluding carboxylic acids is 1. The first-order valence-electron chi connectivity index (χ1n) is 11.4. The van der Waals surface area contributed by atoms with Crippen LogP contribution in [0.3, 0.4) is 0 Å². The zero-order chi connectivity index (χ0) is 24.0. The molecule has 0 spiro atoms. The zero-order valence-corrected chi connectivity index (χ0v) is 19.2. The Balaban J connectivity index is 1.49. The Hall–Kier alpha value is -3.87. The number of Topliss-reactive ketones (excluding diaryl/α,β-unsaturated/α-hetero) is 1. The van der Waals surface area contributed by atoms with Crippen LogP contribution in [-0.2, 0) is 6.42 Å². The molecule has 3 aromatic carbocycles. The van der Waals surface area contributed by atoms with Crippen LogP contribution in [0.2, 0.25) is 0 Å². The van der Waals surface area contributed by atoms with Gasteiger partial charge in [-0.1, -0.05) is 42.5 Å². The average Bonchev–Trinajstić information content (AvgIpc) is 2.83. The minimum atomic E-state index is -0.730. The minimum Gasteiger partial charge on any atom is -0.487 e. The number of halogens is 1. The lowest BCUT2D eigenvalue weighted by Crippen LogP contribution is -2.27. The van der Waals surface area contributed by atoms with Gasteiger partial charge in [0, 0.05) is 12.7 Å². The number of pyridine rings is 1. The van der Waals surface area contributed by atoms with Crippen molar-refractivity contribution < 1.29 is 13.9 Å². The maximum Gasteiger partial charge on any atom is 0.202 e. The number of nitrogens with one attached hydrogen (secondary N) is 1. The highest BCUT2D eigenvalue weighted by Gasteiger charge is 2.29. The van der Waals surface area contributed by atoms with Gasteiger partial charge in [0.05, 0.1) is 28.2 Å². The van der Waals surface area contributed by atoms with E-state index in [1.807, 2.05) is 25.1 Å². The third kappa shape index (κ3) is 3.48. The van der Waals surface area contributed by atoms with Crippen molar-refractivity contribution in [1.82, 2.24) is 4.57 Å². The molecular weight excluding hydrogens is 433 g/mol. The summed E-state index contributed by atoms with van der Waals surface area (Å²) >= 11 is 0. The second-order valence-corrected chi connectivity index (χ2v) is 8.82. The van der Waals surface area contributed by atoms with Crippen LogP contribution in [0.5, 0.6) is 5.75 Å². The molecule has 0 saturated heterocycles. The maximum absolute atomic E-state index is 15.4. The summed E-state index contributed by atoms with van der Waals surface area (Å²) in [6.45, 7) is 4.01. The first-order valence-corrected chi connectivity index (χ1v) is 11.4. The SMILES string of the molecule is CC(=O)c1cn2c3c(c(NCCCc4cccc5ccccc45)c(F)c(N)c3c1=O)OCC2C. The Bertz CT molecular complexity index is 1500. The quantitative estimate of drug-likeness (QED) is 0.239. The average molecular weight is 460 g/mol. The van der Waals surface area contributed by atoms with Gasteiger partial charge in [-0.25, -0.2) is 4.39 Å². The molecule has 0 radical (unpaired) electrons. The Morgan fingerprint density at radius 2 is 2.00 bits per heavy atom. The van der Waals surface area contributed by atoms with Gasteiger partial charge < -0.3 is 20.4 Å². The molecule has 0 fully saturated rings. The van der Waals surface area contributed by atoms with E-state index in [0.717, 1.165) is 12.8 Å². The normalized spacial score (nSPS) is 14.9. The van der Waals surface area contributed by atoms with E-state index in [4.69, 9.17) is 10.5 Å². The Kier molecular flexibility index (Phi) is 5.48. The molecule has 0 aliphatic carbocycles. The Morgan fingerprint density at radius 1 is 1.24 bits per heavy atom. The molecule has 3 N–H and O–H groups in total. The molecule has 1 atom stereocenters. The lowest BCUT2D eigenvalue weighted by molar-refractivity contribution is 0.101. The molecule has 1 aliphatic heterocycles. The second-order valence-electron chi connectivity index (χ2n) is 8.82. The molecule has 5 rings (SSSR count). The van der Waals surface area contributed by atoms with Gasteiger partial charge in [0.25, 0.3) is 0 Å². The van der Waals surface area contributed by atoms with Gasteiger partial charge in [0.1, 0.15) is 12.3 Å². The molecule has 1 aliphatic rings. The van der Waals surface area contributed by atoms with Crippen molar-refractivity contribution in [2.24, 2.45) is 0 Å². The van der Waals surface area contributed by atoms with Crippen LogP contribution in [0, 0.1) is 5.82 Å². The van der Waals surface area contributed by atoms with Crippen molar-refractivity contribution >= 4 is 38.8 Å². The summed E-state index contributed by atoms with van der Waals surface area (Å²) in [5.41, 5.74) is 7.07. The van der Waals surface area contributed by atoms with Crippen LogP contribution in [0.15, 0.2) is 53.5 Å². The van der Waals surface area contributed by atoms with E-state index in [9.17, 15) is 9.59 Å². The number of rotatable bonds is 6. The van der Waals surface area contributed by atoms with Crippen LogP contribution in [0.1, 0.15) is 42.2 Å². The topological polar surface area (TPSA) is 86.4 Å². The number of hydrogen-bond donors (Lipinski definition) is 2. The van der Waals surface area contributed by atoms with Crippen molar-refractivity contribution in [2.45, 2.75) is 32.7 Å². The molecule has 0 saturated carbocycles. The van der Waals surface area contributed by atoms with E-state index in [2.05, 4.69) is 29.6 Å². The van der Waals surface area contributed by atoms with Crippen LogP contribution in [-0.4, -0.2) is 23.5 Å². The summed E-state index contributed by atoms with van der Waals surface area (Å²) in [5.74, 6) is -0.852. The number of aromatic nitrogens is 1. The summed E-state index contributed by atoms with van der Waals surface area (Å²) in [4.78, 5) is 25.0.